The number of hydrogen-bond acceptors (Lipinski definition) is 5. The number of piperidine rings is 1. The lowest BCUT2D eigenvalue weighted by molar-refractivity contribution is -0.135. The first-order chi connectivity index (χ1) is 11.1. The second kappa shape index (κ2) is 7.23. The zero-order valence-electron chi connectivity index (χ0n) is 13.6. The molecule has 1 amide bonds. The van der Waals surface area contributed by atoms with Crippen LogP contribution in [0.1, 0.15) is 36.9 Å². The number of amides is 1. The molecule has 126 valence electrons. The van der Waals surface area contributed by atoms with Crippen LogP contribution in [0.2, 0.25) is 0 Å². The Morgan fingerprint density at radius 2 is 2.13 bits per heavy atom. The molecule has 3 heterocycles. The molecule has 7 heteroatoms. The van der Waals surface area contributed by atoms with Crippen molar-refractivity contribution in [2.75, 3.05) is 39.3 Å². The summed E-state index contributed by atoms with van der Waals surface area (Å²) < 4.78 is 5.73. The van der Waals surface area contributed by atoms with Crippen LogP contribution in [0.5, 0.6) is 0 Å². The second-order valence-electron chi connectivity index (χ2n) is 6.31. The summed E-state index contributed by atoms with van der Waals surface area (Å²) in [7, 11) is 0. The molecule has 2 fully saturated rings. The maximum absolute atomic E-state index is 12.4. The van der Waals surface area contributed by atoms with Crippen molar-refractivity contribution in [3.63, 3.8) is 0 Å². The number of aromatic amines is 1. The van der Waals surface area contributed by atoms with Gasteiger partial charge in [0.2, 0.25) is 5.91 Å². The summed E-state index contributed by atoms with van der Waals surface area (Å²) in [5, 5.41) is 0. The van der Waals surface area contributed by atoms with Gasteiger partial charge in [0.15, 0.2) is 0 Å². The van der Waals surface area contributed by atoms with Crippen LogP contribution >= 0.6 is 0 Å². The van der Waals surface area contributed by atoms with Gasteiger partial charge in [0.25, 0.3) is 5.56 Å². The Balaban J connectivity index is 1.61. The minimum absolute atomic E-state index is 0.169. The molecular weight excluding hydrogens is 296 g/mol. The molecular formula is C16H24N4O3. The number of rotatable bonds is 3. The number of carbonyl (C=O) groups is 1. The highest BCUT2D eigenvalue weighted by molar-refractivity contribution is 5.78. The molecule has 0 bridgehead atoms. The molecule has 0 saturated carbocycles. The Hall–Kier alpha value is -1.73. The van der Waals surface area contributed by atoms with Crippen LogP contribution in [-0.4, -0.2) is 65.0 Å². The number of hydrogen-bond donors (Lipinski definition) is 1. The van der Waals surface area contributed by atoms with Gasteiger partial charge in [0, 0.05) is 37.9 Å². The summed E-state index contributed by atoms with van der Waals surface area (Å²) in [5.41, 5.74) is 0.506. The molecule has 7 nitrogen and oxygen atoms in total. The van der Waals surface area contributed by atoms with Crippen molar-refractivity contribution in [3.8, 4) is 0 Å². The minimum Gasteiger partial charge on any atom is -0.368 e. The Morgan fingerprint density at radius 1 is 1.35 bits per heavy atom. The average molecular weight is 320 g/mol. The van der Waals surface area contributed by atoms with E-state index in [0.717, 1.165) is 32.5 Å². The van der Waals surface area contributed by atoms with E-state index in [4.69, 9.17) is 4.74 Å². The van der Waals surface area contributed by atoms with Gasteiger partial charge in [-0.3, -0.25) is 14.5 Å². The summed E-state index contributed by atoms with van der Waals surface area (Å²) in [4.78, 5) is 35.1. The van der Waals surface area contributed by atoms with Crippen molar-refractivity contribution >= 4 is 5.91 Å². The van der Waals surface area contributed by atoms with Crippen LogP contribution in [0.25, 0.3) is 0 Å². The number of carbonyl (C=O) groups excluding carboxylic acids is 1. The standard InChI is InChI=1S/C16H24N4O3/c1-12-9-14(21)18-16(17-12)13-10-19(7-8-23-13)11-15(22)20-5-3-2-4-6-20/h9,13H,2-8,10-11H2,1H3,(H,17,18,21)/t13-/m0/s1. The van der Waals surface area contributed by atoms with E-state index in [0.29, 0.717) is 31.2 Å². The fourth-order valence-electron chi connectivity index (χ4n) is 3.20. The molecule has 0 spiro atoms. The molecule has 2 saturated heterocycles. The molecule has 0 aliphatic carbocycles. The van der Waals surface area contributed by atoms with Crippen molar-refractivity contribution in [1.29, 1.82) is 0 Å². The van der Waals surface area contributed by atoms with E-state index in [2.05, 4.69) is 14.9 Å². The molecule has 1 aromatic rings. The van der Waals surface area contributed by atoms with E-state index in [1.54, 1.807) is 6.92 Å². The molecule has 1 N–H and O–H groups in total. The second-order valence-corrected chi connectivity index (χ2v) is 6.31. The van der Waals surface area contributed by atoms with Crippen molar-refractivity contribution in [1.82, 2.24) is 19.8 Å². The first kappa shape index (κ1) is 16.1. The van der Waals surface area contributed by atoms with Gasteiger partial charge < -0.3 is 14.6 Å². The number of likely N-dealkylation sites (tertiary alicyclic amines) is 1. The number of aromatic nitrogens is 2. The summed E-state index contributed by atoms with van der Waals surface area (Å²) >= 11 is 0. The number of morpholine rings is 1. The summed E-state index contributed by atoms with van der Waals surface area (Å²) in [5.74, 6) is 0.737. The maximum atomic E-state index is 12.4. The number of ether oxygens (including phenoxy) is 1. The molecule has 1 atom stereocenters. The van der Waals surface area contributed by atoms with Gasteiger partial charge in [-0.05, 0) is 26.2 Å². The van der Waals surface area contributed by atoms with E-state index >= 15 is 0 Å². The highest BCUT2D eigenvalue weighted by Crippen LogP contribution is 2.19. The van der Waals surface area contributed by atoms with E-state index in [-0.39, 0.29) is 17.6 Å². The van der Waals surface area contributed by atoms with E-state index in [1.807, 2.05) is 4.90 Å². The average Bonchev–Trinajstić information content (AvgIpc) is 2.55. The van der Waals surface area contributed by atoms with Crippen LogP contribution in [0.15, 0.2) is 10.9 Å². The van der Waals surface area contributed by atoms with Crippen molar-refractivity contribution in [2.45, 2.75) is 32.3 Å². The first-order valence-electron chi connectivity index (χ1n) is 8.31. The Kier molecular flexibility index (Phi) is 5.07. The third-order valence-corrected chi connectivity index (χ3v) is 4.41. The van der Waals surface area contributed by atoms with Gasteiger partial charge in [-0.2, -0.15) is 0 Å². The predicted molar refractivity (Wildman–Crippen MR) is 85.2 cm³/mol. The fraction of sp³-hybridized carbons (Fsp3) is 0.688. The highest BCUT2D eigenvalue weighted by Gasteiger charge is 2.27. The third kappa shape index (κ3) is 4.17. The van der Waals surface area contributed by atoms with Crippen LogP contribution in [0.3, 0.4) is 0 Å². The van der Waals surface area contributed by atoms with Gasteiger partial charge in [0.1, 0.15) is 11.9 Å². The maximum Gasteiger partial charge on any atom is 0.251 e. The molecule has 23 heavy (non-hydrogen) atoms. The Labute approximate surface area is 135 Å². The predicted octanol–water partition coefficient (Wildman–Crippen LogP) is 0.464. The van der Waals surface area contributed by atoms with Gasteiger partial charge in [-0.15, -0.1) is 0 Å². The Morgan fingerprint density at radius 3 is 2.87 bits per heavy atom. The van der Waals surface area contributed by atoms with Gasteiger partial charge in [-0.1, -0.05) is 0 Å². The van der Waals surface area contributed by atoms with Crippen molar-refractivity contribution < 1.29 is 9.53 Å². The number of nitrogens with zero attached hydrogens (tertiary/aromatic N) is 3. The largest absolute Gasteiger partial charge is 0.368 e. The van der Waals surface area contributed by atoms with Gasteiger partial charge in [0.05, 0.1) is 13.2 Å². The van der Waals surface area contributed by atoms with Gasteiger partial charge in [-0.25, -0.2) is 4.98 Å². The topological polar surface area (TPSA) is 78.5 Å². The summed E-state index contributed by atoms with van der Waals surface area (Å²) in [6, 6.07) is 1.46. The van der Waals surface area contributed by atoms with E-state index in [1.165, 1.54) is 12.5 Å². The summed E-state index contributed by atoms with van der Waals surface area (Å²) in [6.45, 7) is 5.79. The first-order valence-corrected chi connectivity index (χ1v) is 8.31. The normalized spacial score (nSPS) is 23.0. The van der Waals surface area contributed by atoms with E-state index < -0.39 is 0 Å². The Bertz CT molecular complexity index is 610. The zero-order chi connectivity index (χ0) is 16.2. The lowest BCUT2D eigenvalue weighted by atomic mass is 10.1. The lowest BCUT2D eigenvalue weighted by Gasteiger charge is -2.34. The quantitative estimate of drug-likeness (QED) is 0.875. The molecule has 0 aromatic carbocycles. The minimum atomic E-state index is -0.287. The highest BCUT2D eigenvalue weighted by atomic mass is 16.5. The van der Waals surface area contributed by atoms with Crippen LogP contribution in [0.4, 0.5) is 0 Å². The van der Waals surface area contributed by atoms with Crippen molar-refractivity contribution in [3.05, 3.63) is 27.9 Å². The lowest BCUT2D eigenvalue weighted by Crippen LogP contribution is -2.47. The molecule has 2 aliphatic rings. The molecule has 1 aromatic heterocycles. The molecule has 3 rings (SSSR count). The monoisotopic (exact) mass is 320 g/mol. The third-order valence-electron chi connectivity index (χ3n) is 4.41. The molecule has 2 aliphatic heterocycles. The van der Waals surface area contributed by atoms with Crippen LogP contribution < -0.4 is 5.56 Å². The smallest absolute Gasteiger partial charge is 0.251 e. The van der Waals surface area contributed by atoms with Crippen molar-refractivity contribution in [2.24, 2.45) is 0 Å². The van der Waals surface area contributed by atoms with Crippen LogP contribution in [-0.2, 0) is 9.53 Å². The number of nitrogens with one attached hydrogen (secondary N) is 1. The van der Waals surface area contributed by atoms with Crippen LogP contribution in [0, 0.1) is 6.92 Å². The zero-order valence-corrected chi connectivity index (χ0v) is 13.6. The summed E-state index contributed by atoms with van der Waals surface area (Å²) in [6.07, 6.45) is 3.14. The molecule has 0 unspecified atom stereocenters. The number of H-pyrrole nitrogens is 1. The van der Waals surface area contributed by atoms with E-state index in [9.17, 15) is 9.59 Å². The molecule has 0 radical (unpaired) electrons. The van der Waals surface area contributed by atoms with Gasteiger partial charge >= 0.3 is 0 Å². The SMILES string of the molecule is Cc1cc(=O)[nH]c([C@@H]2CN(CC(=O)N3CCCCC3)CCO2)n1. The number of aryl methyl sites for hydroxylation is 1. The fourth-order valence-corrected chi connectivity index (χ4v) is 3.20.